The molecule has 4 bridgehead atoms. The van der Waals surface area contributed by atoms with Gasteiger partial charge in [-0.2, -0.15) is 25.5 Å². The molecule has 13 aromatic heterocycles. The summed E-state index contributed by atoms with van der Waals surface area (Å²) in [4.78, 5) is 67.9. The van der Waals surface area contributed by atoms with Gasteiger partial charge in [0.2, 0.25) is 0 Å². The first-order valence-electron chi connectivity index (χ1n) is 44.4. The average Bonchev–Trinajstić information content (AvgIpc) is 0.930. The van der Waals surface area contributed by atoms with Gasteiger partial charge in [0.25, 0.3) is 0 Å². The predicted octanol–water partition coefficient (Wildman–Crippen LogP) is 14.4. The Morgan fingerprint density at radius 1 is 0.454 bits per heavy atom. The summed E-state index contributed by atoms with van der Waals surface area (Å²) in [5.74, 6) is 7.43. The van der Waals surface area contributed by atoms with Crippen molar-refractivity contribution in [2.24, 2.45) is 4.99 Å². The van der Waals surface area contributed by atoms with Crippen molar-refractivity contribution in [3.05, 3.63) is 265 Å². The molecule has 13 aromatic rings. The molecule has 10 fully saturated rings. The maximum atomic E-state index is 10.5. The molecular weight excluding hydrogens is 1710 g/mol. The average molecular weight is 1830 g/mol. The van der Waals surface area contributed by atoms with E-state index in [1.165, 1.54) is 49.7 Å². The Morgan fingerprint density at radius 2 is 0.946 bits per heavy atom. The summed E-state index contributed by atoms with van der Waals surface area (Å²) in [5, 5.41) is 34.1. The Hall–Kier alpha value is -12.3. The molecule has 130 heavy (non-hydrogen) atoms. The van der Waals surface area contributed by atoms with E-state index in [1.807, 2.05) is 158 Å². The van der Waals surface area contributed by atoms with Gasteiger partial charge in [-0.05, 0) is 258 Å². The van der Waals surface area contributed by atoms with Gasteiger partial charge in [0.1, 0.15) is 27.9 Å². The van der Waals surface area contributed by atoms with E-state index in [-0.39, 0.29) is 12.6 Å². The van der Waals surface area contributed by atoms with E-state index in [2.05, 4.69) is 179 Å². The zero-order valence-corrected chi connectivity index (χ0v) is 77.6. The lowest BCUT2D eigenvalue weighted by atomic mass is 9.87. The summed E-state index contributed by atoms with van der Waals surface area (Å²) in [6.07, 6.45) is 21.5. The van der Waals surface area contributed by atoms with Crippen LogP contribution in [0.2, 0.25) is 0 Å². The van der Waals surface area contributed by atoms with Crippen molar-refractivity contribution in [2.75, 3.05) is 101 Å². The summed E-state index contributed by atoms with van der Waals surface area (Å²) < 4.78 is 37.7. The van der Waals surface area contributed by atoms with Crippen LogP contribution in [-0.2, 0) is 41.4 Å². The van der Waals surface area contributed by atoms with Crippen LogP contribution in [-0.4, -0.2) is 226 Å². The van der Waals surface area contributed by atoms with Crippen LogP contribution in [0, 0.1) is 76.2 Å². The minimum Gasteiger partial charge on any atom is -0.381 e. The molecule has 24 heterocycles. The molecular formula is C96H115BrN26O7. The number of nitrogens with one attached hydrogen (secondary N) is 4. The quantitative estimate of drug-likeness (QED) is 0.0547. The third-order valence-electron chi connectivity index (χ3n) is 22.5. The molecule has 0 radical (unpaired) electrons. The van der Waals surface area contributed by atoms with Crippen LogP contribution in [0.4, 0.5) is 17.5 Å². The first-order chi connectivity index (χ1) is 63.1. The Balaban J connectivity index is 0.000000125. The number of hydrogen-bond acceptors (Lipinski definition) is 28. The maximum Gasteiger partial charge on any atom is 0.185 e. The Kier molecular flexibility index (Phi) is 31.6. The van der Waals surface area contributed by atoms with Crippen molar-refractivity contribution < 1.29 is 33.2 Å². The first kappa shape index (κ1) is 92.5. The smallest absolute Gasteiger partial charge is 0.185 e. The minimum absolute atomic E-state index is 0.217. The second kappa shape index (κ2) is 44.4. The number of halogens is 1. The number of fused-ring (bicyclic) bond motifs is 4. The SMILES string of the molecule is Brc1ccc(C2OCCO2)cn1.C1CCOC1.C1CCOC1.CC1=CC(Nc2cc(C)nc(-c3ccc(N4CC5CC(C4)N5)nc3)n2)=NC1.Cc1cc(C)[nH]n1.Cc1cc(C)n(-c2ccc(C3OCCO3)cn2)n1.Cc1cc(C)n(-c2ccc(C=O)cn2)n1.Cc1cc(Cc2cc(C)[nH]n2)nc(-c2ccc(N3CC4CC(C3)N4Cc3ccc(-n4nc(C)cc4C)nc3)nc2)n1. The standard InChI is InChI=1S/C31H34N10.C20H23N7.C13H15N3O2.C11H11N3O.C8H8BrNO2.C5H8N2.2C4H8O/c1-19-10-25(12-26-11-20(2)36-37-26)35-31(34-19)24-6-8-29(33-15-24)39-17-27-13-28(18-39)40(27)16-23-5-7-30(32-14-23)41-22(4)9-21(3)38-41;1-12-5-17(21-8-12)25-18-6-13(2)23-20(26-18)14-3-4-19(22-9-14)27-10-15-7-16(11-27)24-15;1-9-7-10(2)16(15-9)12-4-3-11(8-14-12)13-17-5-6-18-13;1-8-5-9(2)14(13-8)11-4-3-10(7-15)6-12-11;9-7-2-1-6(5-10-7)8-11-3-4-12-8;1-4-3-5(2)7-6-4;2*1-2-4-5-3-1/h5-11,14-15,27-28H,12-13,16-18H2,1-4H3,(H,36,37);3-6,9,15-16,24H,7-8,10-11H2,1-2H3,(H,21,23,25,26);3-4,7-8,13H,5-6H2,1-2H3;3-7H,1-2H3;1-2,5,8H,3-4H2;3H,1-2H3,(H,6,7);2*1-4H2. The third-order valence-corrected chi connectivity index (χ3v) is 23.0. The first-order valence-corrected chi connectivity index (χ1v) is 45.2. The molecule has 0 saturated carbocycles. The summed E-state index contributed by atoms with van der Waals surface area (Å²) in [6.45, 7) is 36.3. The van der Waals surface area contributed by atoms with E-state index in [0.29, 0.717) is 74.2 Å². The largest absolute Gasteiger partial charge is 0.381 e. The highest BCUT2D eigenvalue weighted by Gasteiger charge is 2.45. The summed E-state index contributed by atoms with van der Waals surface area (Å²) in [7, 11) is 0. The van der Waals surface area contributed by atoms with Crippen molar-refractivity contribution >= 4 is 45.5 Å². The van der Waals surface area contributed by atoms with Gasteiger partial charge in [-0.1, -0.05) is 6.07 Å². The molecule has 11 aliphatic rings. The van der Waals surface area contributed by atoms with Gasteiger partial charge in [-0.3, -0.25) is 24.9 Å². The zero-order chi connectivity index (χ0) is 90.6. The van der Waals surface area contributed by atoms with E-state index < -0.39 is 0 Å². The third kappa shape index (κ3) is 25.4. The highest BCUT2D eigenvalue weighted by molar-refractivity contribution is 9.10. The summed E-state index contributed by atoms with van der Waals surface area (Å²) in [5.41, 5.74) is 20.0. The van der Waals surface area contributed by atoms with E-state index in [9.17, 15) is 4.79 Å². The number of carbonyl (C=O) groups is 1. The molecule has 4 atom stereocenters. The van der Waals surface area contributed by atoms with Crippen molar-refractivity contribution in [3.8, 4) is 40.2 Å². The lowest BCUT2D eigenvalue weighted by molar-refractivity contribution is -0.0445. The number of rotatable bonds is 15. The van der Waals surface area contributed by atoms with Crippen LogP contribution in [0.3, 0.4) is 0 Å². The number of H-pyrrole nitrogens is 2. The van der Waals surface area contributed by atoms with Crippen LogP contribution in [0.5, 0.6) is 0 Å². The fourth-order valence-electron chi connectivity index (χ4n) is 16.2. The highest BCUT2D eigenvalue weighted by Crippen LogP contribution is 2.37. The molecule has 0 aliphatic carbocycles. The Morgan fingerprint density at radius 3 is 1.36 bits per heavy atom. The van der Waals surface area contributed by atoms with Crippen LogP contribution >= 0.6 is 15.9 Å². The van der Waals surface area contributed by atoms with Gasteiger partial charge in [-0.25, -0.2) is 63.9 Å². The van der Waals surface area contributed by atoms with Gasteiger partial charge in [-0.15, -0.1) is 0 Å². The number of hydrogen-bond donors (Lipinski definition) is 4. The second-order valence-corrected chi connectivity index (χ2v) is 34.5. The molecule has 33 nitrogen and oxygen atoms in total. The number of nitrogens with zero attached hydrogens (tertiary/aromatic N) is 22. The van der Waals surface area contributed by atoms with Gasteiger partial charge in [0.15, 0.2) is 48.0 Å². The lowest BCUT2D eigenvalue weighted by Crippen LogP contribution is -2.68. The summed E-state index contributed by atoms with van der Waals surface area (Å²) in [6, 6.07) is 40.2. The Labute approximate surface area is 766 Å². The van der Waals surface area contributed by atoms with Crippen LogP contribution in [0.1, 0.15) is 159 Å². The van der Waals surface area contributed by atoms with Crippen LogP contribution in [0.15, 0.2) is 174 Å². The Bertz CT molecular complexity index is 5830. The van der Waals surface area contributed by atoms with Crippen molar-refractivity contribution in [1.82, 2.24) is 110 Å². The number of piperidine rings is 2. The molecule has 24 rings (SSSR count). The monoisotopic (exact) mass is 1820 g/mol. The molecule has 11 aliphatic heterocycles. The molecule has 678 valence electrons. The highest BCUT2D eigenvalue weighted by atomic mass is 79.9. The molecule has 34 heteroatoms. The number of anilines is 3. The van der Waals surface area contributed by atoms with E-state index in [4.69, 9.17) is 43.4 Å². The number of amidine groups is 1. The van der Waals surface area contributed by atoms with E-state index in [1.54, 1.807) is 35.4 Å². The van der Waals surface area contributed by atoms with Gasteiger partial charge in [0, 0.05) is 201 Å². The molecule has 0 aromatic carbocycles. The van der Waals surface area contributed by atoms with Gasteiger partial charge >= 0.3 is 0 Å². The molecule has 4 N–H and O–H groups in total. The molecule has 4 unspecified atom stereocenters. The van der Waals surface area contributed by atoms with Crippen molar-refractivity contribution in [1.29, 1.82) is 0 Å². The fraction of sp³-hybridized carbons (Fsp3) is 0.406. The fourth-order valence-corrected chi connectivity index (χ4v) is 16.5. The number of ether oxygens (including phenoxy) is 6. The minimum atomic E-state index is -0.271. The van der Waals surface area contributed by atoms with E-state index in [0.717, 1.165) is 214 Å². The normalized spacial score (nSPS) is 18.2. The van der Waals surface area contributed by atoms with Crippen LogP contribution < -0.4 is 20.4 Å². The second-order valence-electron chi connectivity index (χ2n) is 33.7. The van der Waals surface area contributed by atoms with Crippen molar-refractivity contribution in [2.45, 2.75) is 171 Å². The van der Waals surface area contributed by atoms with E-state index >= 15 is 0 Å². The van der Waals surface area contributed by atoms with Gasteiger partial charge in [0.05, 0.1) is 67.1 Å². The summed E-state index contributed by atoms with van der Waals surface area (Å²) >= 11 is 3.26. The zero-order valence-electron chi connectivity index (χ0n) is 76.0. The van der Waals surface area contributed by atoms with Crippen LogP contribution in [0.25, 0.3) is 40.2 Å². The molecule has 0 spiro atoms. The number of pyridine rings is 6. The van der Waals surface area contributed by atoms with Gasteiger partial charge < -0.3 is 48.9 Å². The number of aromatic nitrogens is 20. The number of carbonyl (C=O) groups excluding carboxylic acids is 1. The topological polar surface area (TPSA) is 358 Å². The van der Waals surface area contributed by atoms with Crippen molar-refractivity contribution in [3.63, 3.8) is 0 Å². The molecule has 0 amide bonds. The number of aromatic amines is 2. The molecule has 10 saturated heterocycles. The lowest BCUT2D eigenvalue weighted by Gasteiger charge is -2.56. The number of piperazine rings is 2. The number of aliphatic imine (C=N–C) groups is 1. The number of aldehydes is 1. The number of aryl methyl sites for hydroxylation is 11. The predicted molar refractivity (Wildman–Crippen MR) is 501 cm³/mol. The maximum absolute atomic E-state index is 10.5.